The number of halogens is 1. The van der Waals surface area contributed by atoms with Crippen LogP contribution in [-0.4, -0.2) is 56.7 Å². The number of likely N-dealkylation sites (tertiary alicyclic amines) is 1. The quantitative estimate of drug-likeness (QED) is 0.611. The van der Waals surface area contributed by atoms with Gasteiger partial charge in [0.2, 0.25) is 0 Å². The summed E-state index contributed by atoms with van der Waals surface area (Å²) in [6.07, 6.45) is 2.08. The van der Waals surface area contributed by atoms with Crippen molar-refractivity contribution in [3.8, 4) is 0 Å². The Morgan fingerprint density at radius 1 is 1.28 bits per heavy atom. The first-order valence-electron chi connectivity index (χ1n) is 9.03. The molecule has 1 aliphatic heterocycles. The molecule has 1 unspecified atom stereocenters. The number of hydrogen-bond donors (Lipinski definition) is 2. The van der Waals surface area contributed by atoms with Gasteiger partial charge in [0.25, 0.3) is 0 Å². The van der Waals surface area contributed by atoms with Crippen molar-refractivity contribution >= 4 is 5.96 Å². The summed E-state index contributed by atoms with van der Waals surface area (Å²) in [5.74, 6) is 0.545. The minimum Gasteiger partial charge on any atom is -0.375 e. The van der Waals surface area contributed by atoms with Gasteiger partial charge in [0.1, 0.15) is 5.82 Å². The standard InChI is InChI=1S/C19H31FN4O/c1-14(2)24-11-9-17(10-12-24)23-19(21-3)22-13-18(25-4)15-5-7-16(20)8-6-15/h5-8,14,17-18H,9-13H2,1-4H3,(H2,21,22,23). The number of nitrogens with one attached hydrogen (secondary N) is 2. The maximum atomic E-state index is 13.1. The summed E-state index contributed by atoms with van der Waals surface area (Å²) in [6.45, 7) is 7.29. The van der Waals surface area contributed by atoms with Gasteiger partial charge in [-0.25, -0.2) is 4.39 Å². The van der Waals surface area contributed by atoms with Crippen LogP contribution in [0.5, 0.6) is 0 Å². The Bertz CT molecular complexity index is 539. The van der Waals surface area contributed by atoms with Crippen LogP contribution in [0, 0.1) is 5.82 Å². The van der Waals surface area contributed by atoms with E-state index in [1.54, 1.807) is 26.3 Å². The number of ether oxygens (including phenoxy) is 1. The number of hydrogen-bond acceptors (Lipinski definition) is 3. The first kappa shape index (κ1) is 19.7. The molecule has 0 amide bonds. The zero-order valence-electron chi connectivity index (χ0n) is 15.8. The van der Waals surface area contributed by atoms with Crippen LogP contribution < -0.4 is 10.6 Å². The topological polar surface area (TPSA) is 48.9 Å². The lowest BCUT2D eigenvalue weighted by Crippen LogP contribution is -2.50. The fourth-order valence-electron chi connectivity index (χ4n) is 3.15. The average molecular weight is 350 g/mol. The van der Waals surface area contributed by atoms with Gasteiger partial charge in [-0.15, -0.1) is 0 Å². The van der Waals surface area contributed by atoms with Crippen LogP contribution in [0.1, 0.15) is 38.4 Å². The summed E-state index contributed by atoms with van der Waals surface area (Å²) < 4.78 is 18.6. The Kier molecular flexibility index (Phi) is 7.65. The van der Waals surface area contributed by atoms with Crippen LogP contribution in [0.3, 0.4) is 0 Å². The van der Waals surface area contributed by atoms with Crippen molar-refractivity contribution in [3.05, 3.63) is 35.6 Å². The average Bonchev–Trinajstić information content (AvgIpc) is 2.63. The normalized spacial score (nSPS) is 18.4. The van der Waals surface area contributed by atoms with Gasteiger partial charge in [0.05, 0.1) is 6.10 Å². The number of benzene rings is 1. The highest BCUT2D eigenvalue weighted by atomic mass is 19.1. The van der Waals surface area contributed by atoms with Crippen molar-refractivity contribution in [1.82, 2.24) is 15.5 Å². The molecule has 0 saturated carbocycles. The molecule has 1 aliphatic rings. The molecular formula is C19H31FN4O. The van der Waals surface area contributed by atoms with Crippen LogP contribution in [0.4, 0.5) is 4.39 Å². The van der Waals surface area contributed by atoms with Gasteiger partial charge < -0.3 is 20.3 Å². The van der Waals surface area contributed by atoms with E-state index in [-0.39, 0.29) is 11.9 Å². The van der Waals surface area contributed by atoms with Crippen molar-refractivity contribution < 1.29 is 9.13 Å². The highest BCUT2D eigenvalue weighted by Crippen LogP contribution is 2.16. The van der Waals surface area contributed by atoms with Gasteiger partial charge in [-0.05, 0) is 44.4 Å². The van der Waals surface area contributed by atoms with Crippen LogP contribution in [0.2, 0.25) is 0 Å². The van der Waals surface area contributed by atoms with E-state index >= 15 is 0 Å². The van der Waals surface area contributed by atoms with E-state index < -0.39 is 0 Å². The third kappa shape index (κ3) is 5.97. The summed E-state index contributed by atoms with van der Waals surface area (Å²) in [5, 5.41) is 6.82. The molecule has 2 rings (SSSR count). The van der Waals surface area contributed by atoms with E-state index in [0.717, 1.165) is 37.5 Å². The number of nitrogens with zero attached hydrogens (tertiary/aromatic N) is 2. The van der Waals surface area contributed by atoms with Gasteiger partial charge in [0, 0.05) is 45.9 Å². The first-order valence-corrected chi connectivity index (χ1v) is 9.03. The molecule has 140 valence electrons. The first-order chi connectivity index (χ1) is 12.0. The maximum absolute atomic E-state index is 13.1. The minimum absolute atomic E-state index is 0.151. The van der Waals surface area contributed by atoms with Crippen LogP contribution in [0.25, 0.3) is 0 Å². The van der Waals surface area contributed by atoms with Crippen LogP contribution in [0.15, 0.2) is 29.3 Å². The van der Waals surface area contributed by atoms with Gasteiger partial charge in [-0.3, -0.25) is 4.99 Å². The molecule has 5 nitrogen and oxygen atoms in total. The molecule has 1 fully saturated rings. The number of piperidine rings is 1. The van der Waals surface area contributed by atoms with Gasteiger partial charge in [-0.1, -0.05) is 12.1 Å². The molecule has 0 aromatic heterocycles. The van der Waals surface area contributed by atoms with Crippen LogP contribution >= 0.6 is 0 Å². The van der Waals surface area contributed by atoms with Gasteiger partial charge >= 0.3 is 0 Å². The SMILES string of the molecule is CN=C(NCC(OC)c1ccc(F)cc1)NC1CCN(C(C)C)CC1. The van der Waals surface area contributed by atoms with Crippen molar-refractivity contribution in [2.24, 2.45) is 4.99 Å². The summed E-state index contributed by atoms with van der Waals surface area (Å²) >= 11 is 0. The minimum atomic E-state index is -0.239. The van der Waals surface area contributed by atoms with Crippen LogP contribution in [-0.2, 0) is 4.74 Å². The molecule has 0 radical (unpaired) electrons. The molecule has 1 aromatic rings. The summed E-state index contributed by atoms with van der Waals surface area (Å²) in [4.78, 5) is 6.82. The van der Waals surface area contributed by atoms with Crippen molar-refractivity contribution in [2.75, 3.05) is 33.8 Å². The molecule has 0 bridgehead atoms. The smallest absolute Gasteiger partial charge is 0.191 e. The molecule has 1 heterocycles. The maximum Gasteiger partial charge on any atom is 0.191 e. The van der Waals surface area contributed by atoms with E-state index in [2.05, 4.69) is 34.4 Å². The second-order valence-corrected chi connectivity index (χ2v) is 6.78. The zero-order valence-corrected chi connectivity index (χ0v) is 15.8. The Labute approximate surface area is 150 Å². The van der Waals surface area contributed by atoms with E-state index in [9.17, 15) is 4.39 Å². The Hall–Kier alpha value is -1.66. The van der Waals surface area contributed by atoms with E-state index in [1.165, 1.54) is 12.1 Å². The Morgan fingerprint density at radius 3 is 2.44 bits per heavy atom. The second kappa shape index (κ2) is 9.73. The monoisotopic (exact) mass is 350 g/mol. The molecule has 6 heteroatoms. The Morgan fingerprint density at radius 2 is 1.92 bits per heavy atom. The van der Waals surface area contributed by atoms with Gasteiger partial charge in [0.15, 0.2) is 5.96 Å². The number of guanidine groups is 1. The number of rotatable bonds is 6. The second-order valence-electron chi connectivity index (χ2n) is 6.78. The lowest BCUT2D eigenvalue weighted by Gasteiger charge is -2.35. The van der Waals surface area contributed by atoms with Crippen molar-refractivity contribution in [3.63, 3.8) is 0 Å². The fourth-order valence-corrected chi connectivity index (χ4v) is 3.15. The molecule has 0 aliphatic carbocycles. The molecular weight excluding hydrogens is 319 g/mol. The molecule has 1 saturated heterocycles. The molecule has 25 heavy (non-hydrogen) atoms. The Balaban J connectivity index is 1.82. The predicted molar refractivity (Wildman–Crippen MR) is 100 cm³/mol. The third-order valence-corrected chi connectivity index (χ3v) is 4.81. The zero-order chi connectivity index (χ0) is 18.2. The van der Waals surface area contributed by atoms with E-state index in [1.807, 2.05) is 0 Å². The number of methoxy groups -OCH3 is 1. The molecule has 0 spiro atoms. The van der Waals surface area contributed by atoms with E-state index in [0.29, 0.717) is 18.6 Å². The molecule has 1 aromatic carbocycles. The van der Waals surface area contributed by atoms with Crippen molar-refractivity contribution in [2.45, 2.75) is 44.9 Å². The lowest BCUT2D eigenvalue weighted by molar-refractivity contribution is 0.106. The van der Waals surface area contributed by atoms with Gasteiger partial charge in [-0.2, -0.15) is 0 Å². The molecule has 1 atom stereocenters. The lowest BCUT2D eigenvalue weighted by atomic mass is 10.0. The largest absolute Gasteiger partial charge is 0.375 e. The fraction of sp³-hybridized carbons (Fsp3) is 0.632. The number of aliphatic imine (C=N–C) groups is 1. The summed E-state index contributed by atoms with van der Waals surface area (Å²) in [6, 6.07) is 7.46. The van der Waals surface area contributed by atoms with E-state index in [4.69, 9.17) is 4.74 Å². The highest BCUT2D eigenvalue weighted by Gasteiger charge is 2.21. The highest BCUT2D eigenvalue weighted by molar-refractivity contribution is 5.80. The summed E-state index contributed by atoms with van der Waals surface area (Å²) in [5.41, 5.74) is 0.942. The predicted octanol–water partition coefficient (Wildman–Crippen LogP) is 2.55. The summed E-state index contributed by atoms with van der Waals surface area (Å²) in [7, 11) is 3.44. The third-order valence-electron chi connectivity index (χ3n) is 4.81. The van der Waals surface area contributed by atoms with Crippen molar-refractivity contribution in [1.29, 1.82) is 0 Å². The molecule has 2 N–H and O–H groups in total.